The third-order valence-electron chi connectivity index (χ3n) is 4.29. The van der Waals surface area contributed by atoms with Crippen molar-refractivity contribution in [3.05, 3.63) is 77.0 Å². The van der Waals surface area contributed by atoms with Crippen molar-refractivity contribution in [2.24, 2.45) is 0 Å². The van der Waals surface area contributed by atoms with Gasteiger partial charge in [-0.3, -0.25) is 4.79 Å². The molecule has 0 saturated heterocycles. The normalized spacial score (nSPS) is 10.7. The Balaban J connectivity index is 1.86. The first kappa shape index (κ1) is 21.2. The van der Waals surface area contributed by atoms with Gasteiger partial charge in [0.05, 0.1) is 26.9 Å². The van der Waals surface area contributed by atoms with Crippen molar-refractivity contribution in [3.8, 4) is 17.2 Å². The molecule has 3 rings (SSSR count). The van der Waals surface area contributed by atoms with E-state index in [0.29, 0.717) is 33.7 Å². The van der Waals surface area contributed by atoms with Crippen molar-refractivity contribution in [3.63, 3.8) is 0 Å². The Kier molecular flexibility index (Phi) is 6.93. The van der Waals surface area contributed by atoms with Crippen LogP contribution in [0.4, 0.5) is 11.5 Å². The number of ketones is 1. The number of nitrogens with one attached hydrogen (secondary N) is 1. The summed E-state index contributed by atoms with van der Waals surface area (Å²) in [6, 6.07) is 14.1. The first-order valence-electron chi connectivity index (χ1n) is 9.05. The van der Waals surface area contributed by atoms with Gasteiger partial charge >= 0.3 is 0 Å². The van der Waals surface area contributed by atoms with E-state index >= 15 is 0 Å². The first-order chi connectivity index (χ1) is 14.5. The number of pyridine rings is 1. The molecule has 0 saturated carbocycles. The quantitative estimate of drug-likeness (QED) is 0.385. The summed E-state index contributed by atoms with van der Waals surface area (Å²) in [6.07, 6.45) is 4.79. The number of carbonyl (C=O) groups is 1. The lowest BCUT2D eigenvalue weighted by molar-refractivity contribution is 0.104. The van der Waals surface area contributed by atoms with Crippen molar-refractivity contribution in [2.45, 2.75) is 0 Å². The summed E-state index contributed by atoms with van der Waals surface area (Å²) in [5.41, 5.74) is 1.95. The zero-order valence-corrected chi connectivity index (χ0v) is 17.6. The van der Waals surface area contributed by atoms with Gasteiger partial charge in [-0.25, -0.2) is 4.98 Å². The molecule has 6 nitrogen and oxygen atoms in total. The predicted molar refractivity (Wildman–Crippen MR) is 118 cm³/mol. The van der Waals surface area contributed by atoms with Crippen molar-refractivity contribution in [2.75, 3.05) is 26.6 Å². The fraction of sp³-hybridized carbons (Fsp3) is 0.130. The van der Waals surface area contributed by atoms with Crippen molar-refractivity contribution in [1.29, 1.82) is 0 Å². The standard InChI is InChI=1S/C23H21ClN2O4/c1-28-20-13-15(14-21(29-2)22(20)30-3)6-11-19(27)18-5-4-12-25-23(18)26-17-9-7-16(24)8-10-17/h4-14H,1-3H3,(H,25,26)/b11-6+. The van der Waals surface area contributed by atoms with Gasteiger partial charge in [0, 0.05) is 16.9 Å². The van der Waals surface area contributed by atoms with Gasteiger partial charge in [-0.2, -0.15) is 0 Å². The maximum Gasteiger partial charge on any atom is 0.203 e. The Hall–Kier alpha value is -3.51. The van der Waals surface area contributed by atoms with Crippen molar-refractivity contribution >= 4 is 35.0 Å². The lowest BCUT2D eigenvalue weighted by atomic mass is 10.1. The van der Waals surface area contributed by atoms with Gasteiger partial charge in [-0.05, 0) is 60.2 Å². The molecule has 0 aliphatic rings. The third-order valence-corrected chi connectivity index (χ3v) is 4.55. The Bertz CT molecular complexity index is 1040. The zero-order valence-electron chi connectivity index (χ0n) is 16.8. The number of anilines is 2. The predicted octanol–water partition coefficient (Wildman–Crippen LogP) is 5.40. The van der Waals surface area contributed by atoms with Crippen LogP contribution in [0.15, 0.2) is 60.8 Å². The number of rotatable bonds is 8. The lowest BCUT2D eigenvalue weighted by Crippen LogP contribution is -2.03. The monoisotopic (exact) mass is 424 g/mol. The van der Waals surface area contributed by atoms with Gasteiger partial charge in [0.25, 0.3) is 0 Å². The second-order valence-electron chi connectivity index (χ2n) is 6.19. The van der Waals surface area contributed by atoms with Gasteiger partial charge in [-0.15, -0.1) is 0 Å². The number of ether oxygens (including phenoxy) is 3. The number of carbonyl (C=O) groups excluding carboxylic acids is 1. The number of nitrogens with zero attached hydrogens (tertiary/aromatic N) is 1. The molecular formula is C23H21ClN2O4. The highest BCUT2D eigenvalue weighted by atomic mass is 35.5. The summed E-state index contributed by atoms with van der Waals surface area (Å²) in [5, 5.41) is 3.78. The second-order valence-corrected chi connectivity index (χ2v) is 6.62. The molecule has 1 heterocycles. The average molecular weight is 425 g/mol. The smallest absolute Gasteiger partial charge is 0.203 e. The van der Waals surface area contributed by atoms with Crippen molar-refractivity contribution in [1.82, 2.24) is 4.98 Å². The van der Waals surface area contributed by atoms with E-state index in [9.17, 15) is 4.79 Å². The van der Waals surface area contributed by atoms with Crippen molar-refractivity contribution < 1.29 is 19.0 Å². The summed E-state index contributed by atoms with van der Waals surface area (Å²) < 4.78 is 16.0. The van der Waals surface area contributed by atoms with E-state index < -0.39 is 0 Å². The van der Waals surface area contributed by atoms with E-state index in [1.165, 1.54) is 13.2 Å². The van der Waals surface area contributed by atoms with E-state index in [1.54, 1.807) is 62.9 Å². The number of allylic oxidation sites excluding steroid dienone is 1. The van der Waals surface area contributed by atoms with Gasteiger partial charge in [0.2, 0.25) is 5.75 Å². The second kappa shape index (κ2) is 9.80. The largest absolute Gasteiger partial charge is 0.493 e. The van der Waals surface area contributed by atoms with Crippen LogP contribution in [0.1, 0.15) is 15.9 Å². The number of hydrogen-bond acceptors (Lipinski definition) is 6. The van der Waals surface area contributed by atoms with E-state index in [0.717, 1.165) is 11.3 Å². The Morgan fingerprint density at radius 2 is 1.67 bits per heavy atom. The number of halogens is 1. The third kappa shape index (κ3) is 4.90. The number of methoxy groups -OCH3 is 3. The maximum atomic E-state index is 12.8. The van der Waals surface area contributed by atoms with Crippen LogP contribution in [0.2, 0.25) is 5.02 Å². The SMILES string of the molecule is COc1cc(/C=C/C(=O)c2cccnc2Nc2ccc(Cl)cc2)cc(OC)c1OC. The molecule has 0 aliphatic heterocycles. The molecule has 1 N–H and O–H groups in total. The average Bonchev–Trinajstić information content (AvgIpc) is 2.78. The summed E-state index contributed by atoms with van der Waals surface area (Å²) in [7, 11) is 4.62. The van der Waals surface area contributed by atoms with Crippen LogP contribution in [-0.4, -0.2) is 32.1 Å². The van der Waals surface area contributed by atoms with Gasteiger partial charge in [0.15, 0.2) is 17.3 Å². The Labute approximate surface area is 180 Å². The molecule has 0 bridgehead atoms. The molecule has 0 spiro atoms. The molecule has 7 heteroatoms. The van der Waals surface area contributed by atoms with Gasteiger partial charge < -0.3 is 19.5 Å². The van der Waals surface area contributed by atoms with E-state index in [4.69, 9.17) is 25.8 Å². The maximum absolute atomic E-state index is 12.8. The molecule has 0 amide bonds. The molecule has 0 fully saturated rings. The molecule has 0 aliphatic carbocycles. The number of hydrogen-bond donors (Lipinski definition) is 1. The minimum absolute atomic E-state index is 0.201. The zero-order chi connectivity index (χ0) is 21.5. The molecule has 0 unspecified atom stereocenters. The van der Waals surface area contributed by atoms with E-state index in [-0.39, 0.29) is 5.78 Å². The van der Waals surface area contributed by atoms with Crippen LogP contribution in [0.25, 0.3) is 6.08 Å². The minimum atomic E-state index is -0.201. The van der Waals surface area contributed by atoms with Crippen LogP contribution in [0, 0.1) is 0 Å². The summed E-state index contributed by atoms with van der Waals surface area (Å²) >= 11 is 5.93. The molecule has 154 valence electrons. The fourth-order valence-corrected chi connectivity index (χ4v) is 2.96. The molecule has 30 heavy (non-hydrogen) atoms. The molecule has 0 radical (unpaired) electrons. The number of aromatic nitrogens is 1. The topological polar surface area (TPSA) is 69.7 Å². The highest BCUT2D eigenvalue weighted by Gasteiger charge is 2.13. The first-order valence-corrected chi connectivity index (χ1v) is 9.43. The summed E-state index contributed by atoms with van der Waals surface area (Å²) in [5.74, 6) is 1.77. The fourth-order valence-electron chi connectivity index (χ4n) is 2.83. The minimum Gasteiger partial charge on any atom is -0.493 e. The van der Waals surface area contributed by atoms with Gasteiger partial charge in [0.1, 0.15) is 5.82 Å². The highest BCUT2D eigenvalue weighted by Crippen LogP contribution is 2.38. The summed E-state index contributed by atoms with van der Waals surface area (Å²) in [6.45, 7) is 0. The van der Waals surface area contributed by atoms with Crippen LogP contribution < -0.4 is 19.5 Å². The lowest BCUT2D eigenvalue weighted by Gasteiger charge is -2.13. The molecule has 3 aromatic rings. The Morgan fingerprint density at radius 1 is 1.00 bits per heavy atom. The summed E-state index contributed by atoms with van der Waals surface area (Å²) in [4.78, 5) is 17.1. The van der Waals surface area contributed by atoms with Crippen LogP contribution in [0.5, 0.6) is 17.2 Å². The highest BCUT2D eigenvalue weighted by molar-refractivity contribution is 6.30. The van der Waals surface area contributed by atoms with E-state index in [1.807, 2.05) is 12.1 Å². The van der Waals surface area contributed by atoms with Gasteiger partial charge in [-0.1, -0.05) is 17.7 Å². The molecule has 0 atom stereocenters. The number of benzene rings is 2. The molecule has 2 aromatic carbocycles. The molecule has 1 aromatic heterocycles. The van der Waals surface area contributed by atoms with Crippen LogP contribution >= 0.6 is 11.6 Å². The van der Waals surface area contributed by atoms with E-state index in [2.05, 4.69) is 10.3 Å². The van der Waals surface area contributed by atoms with Crippen LogP contribution in [0.3, 0.4) is 0 Å². The molecular weight excluding hydrogens is 404 g/mol. The van der Waals surface area contributed by atoms with Crippen LogP contribution in [-0.2, 0) is 0 Å². The Morgan fingerprint density at radius 3 is 2.27 bits per heavy atom.